The molecule has 0 radical (unpaired) electrons. The lowest BCUT2D eigenvalue weighted by molar-refractivity contribution is 0.0642. The minimum absolute atomic E-state index is 0.454. The molecule has 50 valence electrons. The van der Waals surface area contributed by atoms with Crippen LogP contribution in [0, 0.1) is 0 Å². The molecule has 0 rings (SSSR count). The quantitative estimate of drug-likeness (QED) is 0.547. The van der Waals surface area contributed by atoms with E-state index in [1.165, 1.54) is 0 Å². The zero-order valence-electron chi connectivity index (χ0n) is 6.11. The maximum atomic E-state index is 5.34. The molecule has 0 aromatic carbocycles. The van der Waals surface area contributed by atoms with Crippen LogP contribution in [0.3, 0.4) is 0 Å². The Bertz CT molecular complexity index is 43.7. The molecule has 0 aliphatic heterocycles. The van der Waals surface area contributed by atoms with Crippen LogP contribution in [0.15, 0.2) is 0 Å². The molecule has 1 nitrogen and oxygen atoms in total. The van der Waals surface area contributed by atoms with E-state index >= 15 is 0 Å². The summed E-state index contributed by atoms with van der Waals surface area (Å²) in [4.78, 5) is 0. The van der Waals surface area contributed by atoms with Crippen LogP contribution in [0.25, 0.3) is 0 Å². The summed E-state index contributed by atoms with van der Waals surface area (Å²) in [7, 11) is 0. The van der Waals surface area contributed by atoms with E-state index < -0.39 is 0 Å². The summed E-state index contributed by atoms with van der Waals surface area (Å²) >= 11 is 0. The molecule has 0 aromatic rings. The van der Waals surface area contributed by atoms with Crippen molar-refractivity contribution >= 4 is 0 Å². The third-order valence-corrected chi connectivity index (χ3v) is 1.18. The van der Waals surface area contributed by atoms with Crippen molar-refractivity contribution in [2.24, 2.45) is 0 Å². The van der Waals surface area contributed by atoms with Gasteiger partial charge in [0.25, 0.3) is 0 Å². The first-order valence-corrected chi connectivity index (χ1v) is 3.42. The summed E-state index contributed by atoms with van der Waals surface area (Å²) in [6.07, 6.45) is 2.71. The van der Waals surface area contributed by atoms with Gasteiger partial charge in [-0.05, 0) is 19.8 Å². The third-order valence-electron chi connectivity index (χ3n) is 1.18. The Kier molecular flexibility index (Phi) is 5.08. The fourth-order valence-corrected chi connectivity index (χ4v) is 0.437. The molecule has 0 saturated carbocycles. The van der Waals surface area contributed by atoms with Crippen molar-refractivity contribution in [2.45, 2.75) is 39.7 Å². The lowest BCUT2D eigenvalue weighted by atomic mass is 10.3. The van der Waals surface area contributed by atoms with Gasteiger partial charge in [-0.25, -0.2) is 0 Å². The van der Waals surface area contributed by atoms with E-state index in [0.717, 1.165) is 19.4 Å². The van der Waals surface area contributed by atoms with Gasteiger partial charge in [-0.1, -0.05) is 13.8 Å². The van der Waals surface area contributed by atoms with E-state index in [1.807, 2.05) is 0 Å². The third kappa shape index (κ3) is 4.13. The van der Waals surface area contributed by atoms with Crippen LogP contribution in [-0.2, 0) is 4.74 Å². The average molecular weight is 116 g/mol. The fourth-order valence-electron chi connectivity index (χ4n) is 0.437. The molecular formula is C7H16O. The maximum Gasteiger partial charge on any atom is 0.0544 e. The van der Waals surface area contributed by atoms with Crippen LogP contribution < -0.4 is 0 Å². The summed E-state index contributed by atoms with van der Waals surface area (Å²) in [6, 6.07) is 0. The Hall–Kier alpha value is -0.0400. The van der Waals surface area contributed by atoms with E-state index in [4.69, 9.17) is 4.74 Å². The zero-order chi connectivity index (χ0) is 6.41. The smallest absolute Gasteiger partial charge is 0.0544 e. The predicted octanol–water partition coefficient (Wildman–Crippen LogP) is 2.21. The minimum Gasteiger partial charge on any atom is -0.379 e. The molecule has 0 fully saturated rings. The number of hydrogen-bond acceptors (Lipinski definition) is 1. The van der Waals surface area contributed by atoms with Gasteiger partial charge in [0.05, 0.1) is 6.10 Å². The van der Waals surface area contributed by atoms with Gasteiger partial charge < -0.3 is 4.74 Å². The number of ether oxygens (including phenoxy) is 1. The Morgan fingerprint density at radius 3 is 2.38 bits per heavy atom. The van der Waals surface area contributed by atoms with E-state index in [1.54, 1.807) is 0 Å². The molecule has 0 aliphatic rings. The van der Waals surface area contributed by atoms with Gasteiger partial charge >= 0.3 is 0 Å². The first-order chi connectivity index (χ1) is 3.81. The first-order valence-electron chi connectivity index (χ1n) is 3.42. The molecule has 1 unspecified atom stereocenters. The van der Waals surface area contributed by atoms with Gasteiger partial charge in [0.2, 0.25) is 0 Å². The van der Waals surface area contributed by atoms with E-state index in [2.05, 4.69) is 20.8 Å². The van der Waals surface area contributed by atoms with Gasteiger partial charge in [0.15, 0.2) is 0 Å². The summed E-state index contributed by atoms with van der Waals surface area (Å²) in [6.45, 7) is 7.29. The standard InChI is InChI=1S/C7H16O/c1-4-6-8-7(3)5-2/h7H,4-6H2,1-3H3. The van der Waals surface area contributed by atoms with Crippen molar-refractivity contribution in [3.05, 3.63) is 0 Å². The molecule has 0 N–H and O–H groups in total. The Morgan fingerprint density at radius 2 is 2.00 bits per heavy atom. The molecule has 0 spiro atoms. The van der Waals surface area contributed by atoms with E-state index in [-0.39, 0.29) is 0 Å². The number of hydrogen-bond donors (Lipinski definition) is 0. The molecular weight excluding hydrogens is 100 g/mol. The molecule has 1 atom stereocenters. The molecule has 0 amide bonds. The van der Waals surface area contributed by atoms with Crippen LogP contribution in [0.2, 0.25) is 0 Å². The van der Waals surface area contributed by atoms with Crippen LogP contribution in [0.5, 0.6) is 0 Å². The Morgan fingerprint density at radius 1 is 1.38 bits per heavy atom. The highest BCUT2D eigenvalue weighted by Gasteiger charge is 1.93. The van der Waals surface area contributed by atoms with Crippen molar-refractivity contribution in [3.8, 4) is 0 Å². The monoisotopic (exact) mass is 116 g/mol. The van der Waals surface area contributed by atoms with Crippen LogP contribution in [0.4, 0.5) is 0 Å². The maximum absolute atomic E-state index is 5.34. The van der Waals surface area contributed by atoms with Gasteiger partial charge in [-0.2, -0.15) is 0 Å². The molecule has 0 saturated heterocycles. The van der Waals surface area contributed by atoms with Gasteiger partial charge in [-0.3, -0.25) is 0 Å². The van der Waals surface area contributed by atoms with Gasteiger partial charge in [0.1, 0.15) is 0 Å². The number of rotatable bonds is 4. The van der Waals surface area contributed by atoms with Crippen molar-refractivity contribution in [2.75, 3.05) is 6.61 Å². The average Bonchev–Trinajstić information content (AvgIpc) is 1.83. The molecule has 0 aliphatic carbocycles. The largest absolute Gasteiger partial charge is 0.379 e. The molecule has 0 heterocycles. The summed E-state index contributed by atoms with van der Waals surface area (Å²) in [5, 5.41) is 0. The second kappa shape index (κ2) is 5.10. The van der Waals surface area contributed by atoms with Crippen molar-refractivity contribution in [3.63, 3.8) is 0 Å². The normalized spacial score (nSPS) is 13.9. The predicted molar refractivity (Wildman–Crippen MR) is 36.0 cm³/mol. The minimum atomic E-state index is 0.454. The highest BCUT2D eigenvalue weighted by molar-refractivity contribution is 4.42. The molecule has 1 heteroatoms. The van der Waals surface area contributed by atoms with Crippen molar-refractivity contribution in [1.82, 2.24) is 0 Å². The van der Waals surface area contributed by atoms with Crippen LogP contribution >= 0.6 is 0 Å². The lowest BCUT2D eigenvalue weighted by Crippen LogP contribution is -2.06. The van der Waals surface area contributed by atoms with E-state index in [0.29, 0.717) is 6.10 Å². The van der Waals surface area contributed by atoms with Crippen LogP contribution in [0.1, 0.15) is 33.6 Å². The van der Waals surface area contributed by atoms with Crippen LogP contribution in [-0.4, -0.2) is 12.7 Å². The van der Waals surface area contributed by atoms with Crippen molar-refractivity contribution < 1.29 is 4.74 Å². The zero-order valence-corrected chi connectivity index (χ0v) is 6.11. The fraction of sp³-hybridized carbons (Fsp3) is 1.00. The van der Waals surface area contributed by atoms with E-state index in [9.17, 15) is 0 Å². The van der Waals surface area contributed by atoms with Gasteiger partial charge in [-0.15, -0.1) is 0 Å². The summed E-state index contributed by atoms with van der Waals surface area (Å²) in [5.74, 6) is 0. The summed E-state index contributed by atoms with van der Waals surface area (Å²) in [5.41, 5.74) is 0. The second-order valence-electron chi connectivity index (χ2n) is 2.09. The highest BCUT2D eigenvalue weighted by atomic mass is 16.5. The second-order valence-corrected chi connectivity index (χ2v) is 2.09. The first kappa shape index (κ1) is 7.96. The molecule has 8 heavy (non-hydrogen) atoms. The summed E-state index contributed by atoms with van der Waals surface area (Å²) < 4.78 is 5.34. The molecule has 0 bridgehead atoms. The Labute approximate surface area is 52.0 Å². The Balaban J connectivity index is 2.86. The van der Waals surface area contributed by atoms with Crippen molar-refractivity contribution in [1.29, 1.82) is 0 Å². The molecule has 0 aromatic heterocycles. The highest BCUT2D eigenvalue weighted by Crippen LogP contribution is 1.95. The lowest BCUT2D eigenvalue weighted by Gasteiger charge is -2.07. The van der Waals surface area contributed by atoms with Gasteiger partial charge in [0, 0.05) is 6.61 Å². The topological polar surface area (TPSA) is 9.23 Å². The SMILES string of the molecule is CCCOC(C)CC.